The van der Waals surface area contributed by atoms with Gasteiger partial charge in [-0.25, -0.2) is 0 Å². The molecule has 0 aliphatic carbocycles. The molecular formula is C12H20N2S2. The zero-order chi connectivity index (χ0) is 12.0. The summed E-state index contributed by atoms with van der Waals surface area (Å²) in [6, 6.07) is 4.45. The van der Waals surface area contributed by atoms with Crippen molar-refractivity contribution >= 4 is 28.5 Å². The lowest BCUT2D eigenvalue weighted by Crippen LogP contribution is -2.26. The second-order valence-corrected chi connectivity index (χ2v) is 5.58. The van der Waals surface area contributed by atoms with Crippen LogP contribution < -0.4 is 5.73 Å². The minimum absolute atomic E-state index is 0.610. The molecule has 0 aliphatic rings. The summed E-state index contributed by atoms with van der Waals surface area (Å²) in [5, 5.41) is 0. The van der Waals surface area contributed by atoms with Gasteiger partial charge in [0, 0.05) is 29.3 Å². The van der Waals surface area contributed by atoms with Crippen LogP contribution in [0.25, 0.3) is 0 Å². The lowest BCUT2D eigenvalue weighted by atomic mass is 10.3. The van der Waals surface area contributed by atoms with Gasteiger partial charge in [0.2, 0.25) is 0 Å². The molecular weight excluding hydrogens is 236 g/mol. The Hall–Kier alpha value is -0.450. The number of hydrogen-bond acceptors (Lipinski definition) is 3. The van der Waals surface area contributed by atoms with Crippen molar-refractivity contribution < 1.29 is 0 Å². The molecule has 4 heteroatoms. The molecule has 2 N–H and O–H groups in total. The van der Waals surface area contributed by atoms with E-state index in [1.807, 2.05) is 11.3 Å². The Morgan fingerprint density at radius 1 is 1.38 bits per heavy atom. The fourth-order valence-corrected chi connectivity index (χ4v) is 2.63. The van der Waals surface area contributed by atoms with Crippen molar-refractivity contribution in [2.45, 2.75) is 33.2 Å². The molecule has 0 bridgehead atoms. The average Bonchev–Trinajstić information content (AvgIpc) is 2.71. The fourth-order valence-electron chi connectivity index (χ4n) is 1.53. The minimum atomic E-state index is 0.610. The highest BCUT2D eigenvalue weighted by atomic mass is 32.1. The zero-order valence-corrected chi connectivity index (χ0v) is 11.7. The molecule has 2 nitrogen and oxygen atoms in total. The van der Waals surface area contributed by atoms with Crippen LogP contribution in [-0.2, 0) is 13.0 Å². The average molecular weight is 256 g/mol. The molecule has 0 radical (unpaired) electrons. The Morgan fingerprint density at radius 3 is 2.56 bits per heavy atom. The standard InChI is InChI=1S/C12H20N2S2/c1-3-10-5-6-11(16-10)9-14(4-2)8-7-12(13)15/h5-6H,3-4,7-9H2,1-2H3,(H2,13,15). The predicted octanol–water partition coefficient (Wildman–Crippen LogP) is 2.81. The molecule has 0 aromatic carbocycles. The van der Waals surface area contributed by atoms with Crippen molar-refractivity contribution in [1.29, 1.82) is 0 Å². The Kier molecular flexibility index (Phi) is 5.95. The maximum Gasteiger partial charge on any atom is 0.0740 e. The van der Waals surface area contributed by atoms with Crippen LogP contribution in [0.1, 0.15) is 30.0 Å². The second-order valence-electron chi connectivity index (χ2n) is 3.81. The van der Waals surface area contributed by atoms with Crippen molar-refractivity contribution in [3.8, 4) is 0 Å². The van der Waals surface area contributed by atoms with Crippen molar-refractivity contribution in [1.82, 2.24) is 4.90 Å². The summed E-state index contributed by atoms with van der Waals surface area (Å²) in [7, 11) is 0. The van der Waals surface area contributed by atoms with Crippen LogP contribution in [0.15, 0.2) is 12.1 Å². The Balaban J connectivity index is 2.45. The summed E-state index contributed by atoms with van der Waals surface area (Å²) in [5.41, 5.74) is 5.52. The quantitative estimate of drug-likeness (QED) is 0.761. The van der Waals surface area contributed by atoms with Crippen LogP contribution in [0, 0.1) is 0 Å². The first kappa shape index (κ1) is 13.6. The van der Waals surface area contributed by atoms with Crippen LogP contribution in [0.4, 0.5) is 0 Å². The van der Waals surface area contributed by atoms with Gasteiger partial charge in [-0.2, -0.15) is 0 Å². The Bertz CT molecular complexity index is 334. The first-order valence-corrected chi connectivity index (χ1v) is 6.96. The van der Waals surface area contributed by atoms with Crippen LogP contribution in [0.5, 0.6) is 0 Å². The molecule has 0 unspecified atom stereocenters. The Labute approximate surface area is 107 Å². The normalized spacial score (nSPS) is 10.9. The van der Waals surface area contributed by atoms with Crippen LogP contribution in [0.3, 0.4) is 0 Å². The van der Waals surface area contributed by atoms with E-state index in [4.69, 9.17) is 18.0 Å². The van der Waals surface area contributed by atoms with Crippen LogP contribution in [0.2, 0.25) is 0 Å². The summed E-state index contributed by atoms with van der Waals surface area (Å²) in [5.74, 6) is 0. The van der Waals surface area contributed by atoms with Gasteiger partial charge < -0.3 is 5.73 Å². The van der Waals surface area contributed by atoms with E-state index in [1.165, 1.54) is 9.75 Å². The van der Waals surface area contributed by atoms with Crippen molar-refractivity contribution in [2.75, 3.05) is 13.1 Å². The summed E-state index contributed by atoms with van der Waals surface area (Å²) in [6.45, 7) is 7.39. The summed E-state index contributed by atoms with van der Waals surface area (Å²) in [6.07, 6.45) is 1.94. The van der Waals surface area contributed by atoms with Gasteiger partial charge in [-0.15, -0.1) is 11.3 Å². The van der Waals surface area contributed by atoms with Crippen molar-refractivity contribution in [3.63, 3.8) is 0 Å². The summed E-state index contributed by atoms with van der Waals surface area (Å²) >= 11 is 6.81. The highest BCUT2D eigenvalue weighted by Gasteiger charge is 2.06. The van der Waals surface area contributed by atoms with Gasteiger partial charge in [0.15, 0.2) is 0 Å². The van der Waals surface area contributed by atoms with Gasteiger partial charge in [0.1, 0.15) is 0 Å². The number of hydrogen-bond donors (Lipinski definition) is 1. The summed E-state index contributed by atoms with van der Waals surface area (Å²) in [4.78, 5) is 5.88. The fraction of sp³-hybridized carbons (Fsp3) is 0.583. The van der Waals surface area contributed by atoms with E-state index in [2.05, 4.69) is 30.9 Å². The highest BCUT2D eigenvalue weighted by Crippen LogP contribution is 2.18. The summed E-state index contributed by atoms with van der Waals surface area (Å²) < 4.78 is 0. The SMILES string of the molecule is CCc1ccc(CN(CC)CCC(N)=S)s1. The van der Waals surface area contributed by atoms with E-state index >= 15 is 0 Å². The van der Waals surface area contributed by atoms with Crippen LogP contribution in [-0.4, -0.2) is 23.0 Å². The monoisotopic (exact) mass is 256 g/mol. The zero-order valence-electron chi connectivity index (χ0n) is 10.0. The molecule has 1 aromatic rings. The lowest BCUT2D eigenvalue weighted by molar-refractivity contribution is 0.291. The minimum Gasteiger partial charge on any atom is -0.393 e. The second kappa shape index (κ2) is 6.99. The molecule has 0 saturated heterocycles. The Morgan fingerprint density at radius 2 is 2.06 bits per heavy atom. The smallest absolute Gasteiger partial charge is 0.0740 e. The number of rotatable bonds is 7. The van der Waals surface area contributed by atoms with E-state index < -0.39 is 0 Å². The molecule has 0 saturated carbocycles. The molecule has 0 fully saturated rings. The molecule has 1 rings (SSSR count). The number of aryl methyl sites for hydroxylation is 1. The first-order valence-electron chi connectivity index (χ1n) is 5.74. The van der Waals surface area contributed by atoms with Gasteiger partial charge in [-0.3, -0.25) is 4.90 Å². The highest BCUT2D eigenvalue weighted by molar-refractivity contribution is 7.80. The molecule has 0 atom stereocenters. The number of thiocarbonyl (C=S) groups is 1. The van der Waals surface area contributed by atoms with Gasteiger partial charge in [-0.1, -0.05) is 26.1 Å². The maximum absolute atomic E-state index is 5.52. The lowest BCUT2D eigenvalue weighted by Gasteiger charge is -2.18. The third kappa shape index (κ3) is 4.60. The molecule has 0 aliphatic heterocycles. The van der Waals surface area contributed by atoms with Crippen molar-refractivity contribution in [2.24, 2.45) is 5.73 Å². The molecule has 1 aromatic heterocycles. The van der Waals surface area contributed by atoms with Gasteiger partial charge >= 0.3 is 0 Å². The largest absolute Gasteiger partial charge is 0.393 e. The van der Waals surface area contributed by atoms with E-state index in [0.717, 1.165) is 32.5 Å². The third-order valence-electron chi connectivity index (χ3n) is 2.57. The van der Waals surface area contributed by atoms with Gasteiger partial charge in [0.25, 0.3) is 0 Å². The molecule has 90 valence electrons. The van der Waals surface area contributed by atoms with E-state index in [9.17, 15) is 0 Å². The van der Waals surface area contributed by atoms with E-state index in [-0.39, 0.29) is 0 Å². The number of nitrogens with two attached hydrogens (primary N) is 1. The number of thiophene rings is 1. The van der Waals surface area contributed by atoms with E-state index in [0.29, 0.717) is 4.99 Å². The predicted molar refractivity (Wildman–Crippen MR) is 76.1 cm³/mol. The maximum atomic E-state index is 5.52. The molecule has 16 heavy (non-hydrogen) atoms. The molecule has 0 amide bonds. The first-order chi connectivity index (χ1) is 7.65. The molecule has 0 spiro atoms. The molecule has 1 heterocycles. The van der Waals surface area contributed by atoms with Gasteiger partial charge in [0.05, 0.1) is 4.99 Å². The van der Waals surface area contributed by atoms with Crippen molar-refractivity contribution in [3.05, 3.63) is 21.9 Å². The van der Waals surface area contributed by atoms with E-state index in [1.54, 1.807) is 0 Å². The van der Waals surface area contributed by atoms with Crippen LogP contribution >= 0.6 is 23.6 Å². The van der Waals surface area contributed by atoms with Gasteiger partial charge in [-0.05, 0) is 25.1 Å². The topological polar surface area (TPSA) is 29.3 Å². The number of nitrogens with zero attached hydrogens (tertiary/aromatic N) is 1. The third-order valence-corrected chi connectivity index (χ3v) is 3.99.